The molecule has 5 nitrogen and oxygen atoms in total. The van der Waals surface area contributed by atoms with Gasteiger partial charge in [0.25, 0.3) is 0 Å². The monoisotopic (exact) mass is 502 g/mol. The highest BCUT2D eigenvalue weighted by molar-refractivity contribution is 7.89. The van der Waals surface area contributed by atoms with Crippen molar-refractivity contribution in [2.45, 2.75) is 24.3 Å². The molecule has 0 saturated carbocycles. The zero-order chi connectivity index (χ0) is 23.4. The summed E-state index contributed by atoms with van der Waals surface area (Å²) in [5.41, 5.74) is 3.30. The standard InChI is InChI=1S/C25H24Cl2N2O3S/c26-22-10-11-23(27)24(16-22)33(31,32)29(15-12-19-6-2-1-3-7-19)18-25(30)28-14-13-20-8-4-5-9-21(20)17-28/h1-11,16H,12-15,17-18H2. The molecule has 0 atom stereocenters. The molecule has 0 fully saturated rings. The highest BCUT2D eigenvalue weighted by Crippen LogP contribution is 2.28. The van der Waals surface area contributed by atoms with Crippen LogP contribution in [0.4, 0.5) is 0 Å². The molecular formula is C25H24Cl2N2O3S. The van der Waals surface area contributed by atoms with E-state index in [0.717, 1.165) is 17.5 Å². The number of carbonyl (C=O) groups excluding carboxylic acids is 1. The van der Waals surface area contributed by atoms with E-state index in [9.17, 15) is 13.2 Å². The molecule has 1 aliphatic rings. The summed E-state index contributed by atoms with van der Waals surface area (Å²) in [6, 6.07) is 21.9. The largest absolute Gasteiger partial charge is 0.337 e. The Kier molecular flexibility index (Phi) is 7.39. The molecule has 172 valence electrons. The maximum atomic E-state index is 13.6. The summed E-state index contributed by atoms with van der Waals surface area (Å²) in [6.07, 6.45) is 1.22. The summed E-state index contributed by atoms with van der Waals surface area (Å²) in [4.78, 5) is 14.8. The molecule has 4 rings (SSSR count). The first-order valence-corrected chi connectivity index (χ1v) is 12.9. The lowest BCUT2D eigenvalue weighted by Gasteiger charge is -2.31. The number of benzene rings is 3. The molecular weight excluding hydrogens is 479 g/mol. The topological polar surface area (TPSA) is 57.7 Å². The smallest absolute Gasteiger partial charge is 0.245 e. The van der Waals surface area contributed by atoms with Gasteiger partial charge in [-0.1, -0.05) is 77.8 Å². The number of fused-ring (bicyclic) bond motifs is 1. The van der Waals surface area contributed by atoms with Crippen molar-refractivity contribution in [1.82, 2.24) is 9.21 Å². The Morgan fingerprint density at radius 1 is 0.939 bits per heavy atom. The third-order valence-corrected chi connectivity index (χ3v) is 8.36. The summed E-state index contributed by atoms with van der Waals surface area (Å²) < 4.78 is 28.3. The van der Waals surface area contributed by atoms with Crippen molar-refractivity contribution < 1.29 is 13.2 Å². The Hall–Kier alpha value is -2.38. The zero-order valence-corrected chi connectivity index (χ0v) is 20.3. The number of carbonyl (C=O) groups is 1. The van der Waals surface area contributed by atoms with Crippen LogP contribution in [0.2, 0.25) is 10.0 Å². The van der Waals surface area contributed by atoms with Gasteiger partial charge in [0, 0.05) is 24.7 Å². The van der Waals surface area contributed by atoms with Crippen molar-refractivity contribution in [2.75, 3.05) is 19.6 Å². The fraction of sp³-hybridized carbons (Fsp3) is 0.240. The van der Waals surface area contributed by atoms with Gasteiger partial charge in [-0.15, -0.1) is 0 Å². The van der Waals surface area contributed by atoms with Crippen LogP contribution < -0.4 is 0 Å². The number of hydrogen-bond donors (Lipinski definition) is 0. The minimum Gasteiger partial charge on any atom is -0.337 e. The van der Waals surface area contributed by atoms with Crippen LogP contribution in [-0.2, 0) is 34.2 Å². The van der Waals surface area contributed by atoms with Crippen molar-refractivity contribution in [2.24, 2.45) is 0 Å². The summed E-state index contributed by atoms with van der Waals surface area (Å²) in [5.74, 6) is -0.237. The van der Waals surface area contributed by atoms with Gasteiger partial charge in [-0.25, -0.2) is 8.42 Å². The number of amides is 1. The lowest BCUT2D eigenvalue weighted by molar-refractivity contribution is -0.132. The minimum atomic E-state index is -4.05. The summed E-state index contributed by atoms with van der Waals surface area (Å²) in [6.45, 7) is 0.908. The normalized spacial score (nSPS) is 13.7. The molecule has 0 spiro atoms. The van der Waals surface area contributed by atoms with Crippen molar-refractivity contribution >= 4 is 39.1 Å². The van der Waals surface area contributed by atoms with Crippen molar-refractivity contribution in [1.29, 1.82) is 0 Å². The highest BCUT2D eigenvalue weighted by atomic mass is 35.5. The Morgan fingerprint density at radius 2 is 1.64 bits per heavy atom. The van der Waals surface area contributed by atoms with Crippen molar-refractivity contribution in [3.05, 3.63) is 99.5 Å². The van der Waals surface area contributed by atoms with E-state index in [-0.39, 0.29) is 33.9 Å². The Bertz CT molecular complexity index is 1250. The van der Waals surface area contributed by atoms with Crippen LogP contribution in [0.1, 0.15) is 16.7 Å². The maximum Gasteiger partial charge on any atom is 0.245 e. The van der Waals surface area contributed by atoms with E-state index >= 15 is 0 Å². The Balaban J connectivity index is 1.58. The SMILES string of the molecule is O=C(CN(CCc1ccccc1)S(=O)(=O)c1cc(Cl)ccc1Cl)N1CCc2ccccc2C1. The van der Waals surface area contributed by atoms with E-state index in [1.54, 1.807) is 4.90 Å². The molecule has 0 bridgehead atoms. The fourth-order valence-corrected chi connectivity index (χ4v) is 6.08. The van der Waals surface area contributed by atoms with Crippen LogP contribution in [-0.4, -0.2) is 43.2 Å². The van der Waals surface area contributed by atoms with E-state index in [1.165, 1.54) is 28.1 Å². The first-order valence-electron chi connectivity index (χ1n) is 10.7. The average Bonchev–Trinajstić information content (AvgIpc) is 2.83. The van der Waals surface area contributed by atoms with Crippen LogP contribution in [0.5, 0.6) is 0 Å². The summed E-state index contributed by atoms with van der Waals surface area (Å²) in [5, 5.41) is 0.336. The van der Waals surface area contributed by atoms with Gasteiger partial charge in [0.2, 0.25) is 15.9 Å². The molecule has 0 N–H and O–H groups in total. The van der Waals surface area contributed by atoms with Gasteiger partial charge in [0.15, 0.2) is 0 Å². The van der Waals surface area contributed by atoms with Crippen LogP contribution in [0.15, 0.2) is 77.7 Å². The molecule has 0 unspecified atom stereocenters. The van der Waals surface area contributed by atoms with Crippen LogP contribution >= 0.6 is 23.2 Å². The molecule has 1 heterocycles. The quantitative estimate of drug-likeness (QED) is 0.465. The maximum absolute atomic E-state index is 13.6. The molecule has 8 heteroatoms. The molecule has 0 aliphatic carbocycles. The number of rotatable bonds is 7. The van der Waals surface area contributed by atoms with Gasteiger partial charge in [-0.3, -0.25) is 4.79 Å². The van der Waals surface area contributed by atoms with Gasteiger partial charge >= 0.3 is 0 Å². The van der Waals surface area contributed by atoms with Crippen LogP contribution in [0.25, 0.3) is 0 Å². The Morgan fingerprint density at radius 3 is 2.39 bits per heavy atom. The summed E-state index contributed by atoms with van der Waals surface area (Å²) in [7, 11) is -4.05. The second-order valence-electron chi connectivity index (χ2n) is 7.98. The van der Waals surface area contributed by atoms with Crippen LogP contribution in [0.3, 0.4) is 0 Å². The third kappa shape index (κ3) is 5.58. The van der Waals surface area contributed by atoms with Crippen molar-refractivity contribution in [3.63, 3.8) is 0 Å². The molecule has 1 aliphatic heterocycles. The molecule has 0 saturated heterocycles. The first kappa shape index (κ1) is 23.8. The summed E-state index contributed by atoms with van der Waals surface area (Å²) >= 11 is 12.3. The number of nitrogens with zero attached hydrogens (tertiary/aromatic N) is 2. The van der Waals surface area contributed by atoms with Crippen molar-refractivity contribution in [3.8, 4) is 0 Å². The molecule has 0 radical (unpaired) electrons. The molecule has 3 aromatic carbocycles. The number of halogens is 2. The third-order valence-electron chi connectivity index (χ3n) is 5.80. The van der Waals surface area contributed by atoms with Crippen LogP contribution in [0, 0.1) is 0 Å². The zero-order valence-electron chi connectivity index (χ0n) is 18.0. The number of sulfonamides is 1. The van der Waals surface area contributed by atoms with Gasteiger partial charge in [-0.2, -0.15) is 4.31 Å². The van der Waals surface area contributed by atoms with Gasteiger partial charge in [0.05, 0.1) is 11.6 Å². The number of hydrogen-bond acceptors (Lipinski definition) is 3. The van der Waals surface area contributed by atoms with E-state index in [1.807, 2.05) is 48.5 Å². The van der Waals surface area contributed by atoms with E-state index in [2.05, 4.69) is 6.07 Å². The van der Waals surface area contributed by atoms with E-state index in [4.69, 9.17) is 23.2 Å². The second-order valence-corrected chi connectivity index (χ2v) is 10.7. The molecule has 3 aromatic rings. The molecule has 1 amide bonds. The van der Waals surface area contributed by atoms with Gasteiger partial charge in [0.1, 0.15) is 4.90 Å². The Labute approximate surface area is 204 Å². The highest BCUT2D eigenvalue weighted by Gasteiger charge is 2.31. The first-order chi connectivity index (χ1) is 15.8. The lowest BCUT2D eigenvalue weighted by atomic mass is 10.00. The second kappa shape index (κ2) is 10.3. The lowest BCUT2D eigenvalue weighted by Crippen LogP contribution is -2.45. The van der Waals surface area contributed by atoms with E-state index < -0.39 is 10.0 Å². The van der Waals surface area contributed by atoms with E-state index in [0.29, 0.717) is 19.5 Å². The fourth-order valence-electron chi connectivity index (χ4n) is 3.96. The average molecular weight is 503 g/mol. The van der Waals surface area contributed by atoms with Gasteiger partial charge in [-0.05, 0) is 47.7 Å². The molecule has 0 aromatic heterocycles. The predicted octanol–water partition coefficient (Wildman–Crippen LogP) is 4.81. The predicted molar refractivity (Wildman–Crippen MR) is 131 cm³/mol. The molecule has 33 heavy (non-hydrogen) atoms. The van der Waals surface area contributed by atoms with Gasteiger partial charge < -0.3 is 4.90 Å². The minimum absolute atomic E-state index is 0.0726.